The van der Waals surface area contributed by atoms with E-state index in [2.05, 4.69) is 93.7 Å². The minimum atomic E-state index is -0.800. The van der Waals surface area contributed by atoms with E-state index in [4.69, 9.17) is 14.2 Å². The minimum absolute atomic E-state index is 0.0917. The third kappa shape index (κ3) is 65.7. The summed E-state index contributed by atoms with van der Waals surface area (Å²) in [4.78, 5) is 38.3. The smallest absolute Gasteiger partial charge is 0.306 e. The van der Waals surface area contributed by atoms with Gasteiger partial charge in [0.15, 0.2) is 6.10 Å². The molecule has 0 amide bonds. The van der Waals surface area contributed by atoms with Crippen LogP contribution in [-0.2, 0) is 28.6 Å². The van der Waals surface area contributed by atoms with Gasteiger partial charge in [-0.15, -0.1) is 0 Å². The van der Waals surface area contributed by atoms with E-state index in [1.54, 1.807) is 0 Å². The van der Waals surface area contributed by atoms with Gasteiger partial charge in [-0.1, -0.05) is 325 Å². The largest absolute Gasteiger partial charge is 0.462 e. The molecule has 0 radical (unpaired) electrons. The number of ether oxygens (including phenoxy) is 3. The number of allylic oxidation sites excluding steroid dienone is 12. The van der Waals surface area contributed by atoms with Crippen molar-refractivity contribution in [1.82, 2.24) is 0 Å². The van der Waals surface area contributed by atoms with Crippen molar-refractivity contribution in [2.24, 2.45) is 0 Å². The van der Waals surface area contributed by atoms with Gasteiger partial charge in [0.2, 0.25) is 0 Å². The number of carbonyl (C=O) groups is 3. The lowest BCUT2D eigenvalue weighted by molar-refractivity contribution is -0.167. The molecule has 0 saturated heterocycles. The topological polar surface area (TPSA) is 78.9 Å². The van der Waals surface area contributed by atoms with Gasteiger partial charge in [0.05, 0.1) is 0 Å². The molecule has 0 spiro atoms. The van der Waals surface area contributed by atoms with Gasteiger partial charge in [0.25, 0.3) is 0 Å². The summed E-state index contributed by atoms with van der Waals surface area (Å²) in [7, 11) is 0. The van der Waals surface area contributed by atoms with Crippen molar-refractivity contribution in [2.45, 2.75) is 367 Å². The Labute approximate surface area is 497 Å². The standard InChI is InChI=1S/C74H132O6/c1-4-7-10-13-16-19-22-25-28-30-31-32-33-34-35-36-37-38-39-40-41-42-43-44-47-49-52-55-58-61-64-67-73(76)79-70-71(69-78-72(75)66-63-60-57-54-51-48-45-27-24-21-18-15-12-9-6-3)80-74(77)68-65-62-59-56-53-50-46-29-26-23-20-17-14-11-8-5-2/h9,12,18,20-21,23,27,29,45-46,51,54,71H,4-8,10-11,13-17,19,22,24-26,28,30-44,47-50,52-53,55-70H2,1-3H3/b12-9-,21-18-,23-20-,45-27-,46-29-,54-51-. The summed E-state index contributed by atoms with van der Waals surface area (Å²) in [6.45, 7) is 6.51. The van der Waals surface area contributed by atoms with Gasteiger partial charge >= 0.3 is 17.9 Å². The summed E-state index contributed by atoms with van der Waals surface area (Å²) in [5.41, 5.74) is 0. The van der Waals surface area contributed by atoms with Crippen LogP contribution in [0.5, 0.6) is 0 Å². The Morgan fingerprint density at radius 1 is 0.263 bits per heavy atom. The van der Waals surface area contributed by atoms with Crippen LogP contribution < -0.4 is 0 Å². The molecule has 0 aliphatic carbocycles. The summed E-state index contributed by atoms with van der Waals surface area (Å²) >= 11 is 0. The number of unbranched alkanes of at least 4 members (excludes halogenated alkanes) is 41. The summed E-state index contributed by atoms with van der Waals surface area (Å²) < 4.78 is 16.9. The lowest BCUT2D eigenvalue weighted by Crippen LogP contribution is -2.30. The molecule has 1 atom stereocenters. The lowest BCUT2D eigenvalue weighted by atomic mass is 10.0. The second-order valence-corrected chi connectivity index (χ2v) is 23.4. The van der Waals surface area contributed by atoms with Crippen LogP contribution in [0, 0.1) is 0 Å². The summed E-state index contributed by atoms with van der Waals surface area (Å²) in [6.07, 6.45) is 89.5. The van der Waals surface area contributed by atoms with Gasteiger partial charge in [0, 0.05) is 19.3 Å². The van der Waals surface area contributed by atoms with Gasteiger partial charge < -0.3 is 14.2 Å². The number of hydrogen-bond acceptors (Lipinski definition) is 6. The molecule has 6 heteroatoms. The predicted octanol–water partition coefficient (Wildman–Crippen LogP) is 24.1. The molecule has 0 aliphatic heterocycles. The zero-order valence-corrected chi connectivity index (χ0v) is 53.3. The van der Waals surface area contributed by atoms with E-state index < -0.39 is 6.10 Å². The zero-order chi connectivity index (χ0) is 57.8. The van der Waals surface area contributed by atoms with Crippen LogP contribution in [0.3, 0.4) is 0 Å². The van der Waals surface area contributed by atoms with Gasteiger partial charge in [-0.05, 0) is 89.9 Å². The summed E-state index contributed by atoms with van der Waals surface area (Å²) in [5.74, 6) is -0.932. The van der Waals surface area contributed by atoms with Gasteiger partial charge in [-0.3, -0.25) is 14.4 Å². The average molecular weight is 1120 g/mol. The van der Waals surface area contributed by atoms with Crippen molar-refractivity contribution in [3.05, 3.63) is 72.9 Å². The molecule has 464 valence electrons. The van der Waals surface area contributed by atoms with Crippen LogP contribution in [0.4, 0.5) is 0 Å². The highest BCUT2D eigenvalue weighted by Crippen LogP contribution is 2.18. The second kappa shape index (κ2) is 68.3. The molecule has 0 aromatic rings. The normalized spacial score (nSPS) is 12.5. The van der Waals surface area contributed by atoms with Crippen LogP contribution in [0.25, 0.3) is 0 Å². The molecule has 0 fully saturated rings. The fourth-order valence-corrected chi connectivity index (χ4v) is 10.2. The first-order valence-electron chi connectivity index (χ1n) is 34.9. The lowest BCUT2D eigenvalue weighted by Gasteiger charge is -2.18. The molecule has 80 heavy (non-hydrogen) atoms. The number of carbonyl (C=O) groups excluding carboxylic acids is 3. The molecule has 6 nitrogen and oxygen atoms in total. The maximum Gasteiger partial charge on any atom is 0.306 e. The Bertz CT molecular complexity index is 1470. The van der Waals surface area contributed by atoms with Crippen molar-refractivity contribution < 1.29 is 28.6 Å². The van der Waals surface area contributed by atoms with Crippen molar-refractivity contribution >= 4 is 17.9 Å². The number of esters is 3. The average Bonchev–Trinajstić information content (AvgIpc) is 3.46. The van der Waals surface area contributed by atoms with E-state index in [9.17, 15) is 14.4 Å². The molecule has 0 heterocycles. The Balaban J connectivity index is 4.20. The van der Waals surface area contributed by atoms with Crippen LogP contribution in [0.2, 0.25) is 0 Å². The van der Waals surface area contributed by atoms with Gasteiger partial charge in [-0.25, -0.2) is 0 Å². The van der Waals surface area contributed by atoms with Crippen molar-refractivity contribution in [3.8, 4) is 0 Å². The molecular formula is C74H132O6. The Morgan fingerprint density at radius 3 is 0.800 bits per heavy atom. The molecular weight excluding hydrogens is 985 g/mol. The highest BCUT2D eigenvalue weighted by Gasteiger charge is 2.19. The first kappa shape index (κ1) is 76.9. The second-order valence-electron chi connectivity index (χ2n) is 23.4. The highest BCUT2D eigenvalue weighted by molar-refractivity contribution is 5.71. The molecule has 0 saturated carbocycles. The van der Waals surface area contributed by atoms with E-state index in [0.717, 1.165) is 109 Å². The molecule has 1 unspecified atom stereocenters. The van der Waals surface area contributed by atoms with Crippen molar-refractivity contribution in [1.29, 1.82) is 0 Å². The Kier molecular flexibility index (Phi) is 65.7. The van der Waals surface area contributed by atoms with Crippen molar-refractivity contribution in [3.63, 3.8) is 0 Å². The predicted molar refractivity (Wildman–Crippen MR) is 348 cm³/mol. The quantitative estimate of drug-likeness (QED) is 0.0261. The van der Waals surface area contributed by atoms with Crippen LogP contribution in [0.15, 0.2) is 72.9 Å². The summed E-state index contributed by atoms with van der Waals surface area (Å²) in [6, 6.07) is 0. The summed E-state index contributed by atoms with van der Waals surface area (Å²) in [5, 5.41) is 0. The maximum atomic E-state index is 12.9. The maximum absolute atomic E-state index is 12.9. The third-order valence-electron chi connectivity index (χ3n) is 15.4. The molecule has 0 aromatic carbocycles. The zero-order valence-electron chi connectivity index (χ0n) is 53.3. The minimum Gasteiger partial charge on any atom is -0.462 e. The fourth-order valence-electron chi connectivity index (χ4n) is 10.2. The van der Waals surface area contributed by atoms with E-state index in [-0.39, 0.29) is 31.1 Å². The molecule has 0 aromatic heterocycles. The molecule has 0 N–H and O–H groups in total. The van der Waals surface area contributed by atoms with Gasteiger partial charge in [0.1, 0.15) is 13.2 Å². The highest BCUT2D eigenvalue weighted by atomic mass is 16.6. The molecule has 0 bridgehead atoms. The SMILES string of the molecule is CC/C=C\C/C=C\C/C=C\C/C=C\CCCCC(=O)OCC(COC(=O)CCCCCCCCCCCCCCCCCCCCCCCCCCCCCCCCC)OC(=O)CCCCCCC/C=C\C/C=C\CCCCCC. The number of hydrogen-bond donors (Lipinski definition) is 0. The van der Waals surface area contributed by atoms with Crippen molar-refractivity contribution in [2.75, 3.05) is 13.2 Å². The fraction of sp³-hybridized carbons (Fsp3) is 0.797. The van der Waals surface area contributed by atoms with Crippen LogP contribution in [0.1, 0.15) is 361 Å². The first-order valence-corrected chi connectivity index (χ1v) is 34.9. The number of rotatable bonds is 64. The van der Waals surface area contributed by atoms with E-state index in [1.165, 1.54) is 212 Å². The van der Waals surface area contributed by atoms with Crippen LogP contribution in [-0.4, -0.2) is 37.2 Å². The van der Waals surface area contributed by atoms with E-state index >= 15 is 0 Å². The first-order chi connectivity index (χ1) is 39.5. The molecule has 0 rings (SSSR count). The van der Waals surface area contributed by atoms with Crippen LogP contribution >= 0.6 is 0 Å². The Morgan fingerprint density at radius 2 is 0.487 bits per heavy atom. The Hall–Kier alpha value is -3.15. The third-order valence-corrected chi connectivity index (χ3v) is 15.4. The van der Waals surface area contributed by atoms with E-state index in [0.29, 0.717) is 19.3 Å². The monoisotopic (exact) mass is 1120 g/mol. The molecule has 0 aliphatic rings. The van der Waals surface area contributed by atoms with E-state index in [1.807, 2.05) is 0 Å². The van der Waals surface area contributed by atoms with Gasteiger partial charge in [-0.2, -0.15) is 0 Å².